The van der Waals surface area contributed by atoms with Crippen molar-refractivity contribution in [1.82, 2.24) is 4.98 Å². The first-order valence-electron chi connectivity index (χ1n) is 9.87. The molecule has 0 aliphatic heterocycles. The minimum Gasteiger partial charge on any atom is -0.496 e. The van der Waals surface area contributed by atoms with Gasteiger partial charge in [-0.3, -0.25) is 0 Å². The Hall–Kier alpha value is -3.02. The van der Waals surface area contributed by atoms with E-state index >= 15 is 0 Å². The third kappa shape index (κ3) is 4.42. The van der Waals surface area contributed by atoms with Crippen LogP contribution in [0, 0.1) is 0 Å². The van der Waals surface area contributed by atoms with Gasteiger partial charge in [-0.15, -0.1) is 0 Å². The van der Waals surface area contributed by atoms with Crippen molar-refractivity contribution in [2.24, 2.45) is 0 Å². The molecule has 1 aliphatic rings. The first-order chi connectivity index (χ1) is 14.4. The van der Waals surface area contributed by atoms with E-state index < -0.39 is 11.7 Å². The average Bonchev–Trinajstić information content (AvgIpc) is 3.22. The molecule has 2 aromatic carbocycles. The Morgan fingerprint density at radius 1 is 0.933 bits per heavy atom. The second-order valence-corrected chi connectivity index (χ2v) is 7.46. The van der Waals surface area contributed by atoms with Crippen LogP contribution in [0.15, 0.2) is 66.9 Å². The molecule has 1 saturated carbocycles. The largest absolute Gasteiger partial charge is 0.496 e. The molecule has 1 heterocycles. The van der Waals surface area contributed by atoms with Crippen molar-refractivity contribution in [2.75, 3.05) is 7.11 Å². The van der Waals surface area contributed by atoms with Gasteiger partial charge in [0.2, 0.25) is 5.88 Å². The van der Waals surface area contributed by atoms with Gasteiger partial charge in [0.05, 0.1) is 12.7 Å². The highest BCUT2D eigenvalue weighted by Crippen LogP contribution is 2.41. The van der Waals surface area contributed by atoms with E-state index in [1.54, 1.807) is 7.11 Å². The first kappa shape index (κ1) is 20.3. The van der Waals surface area contributed by atoms with Crippen molar-refractivity contribution < 1.29 is 22.6 Å². The van der Waals surface area contributed by atoms with E-state index in [0.717, 1.165) is 54.0 Å². The molecule has 2 atom stereocenters. The van der Waals surface area contributed by atoms with Crippen molar-refractivity contribution in [2.45, 2.75) is 37.5 Å². The maximum Gasteiger partial charge on any atom is 0.417 e. The second-order valence-electron chi connectivity index (χ2n) is 7.46. The number of pyridine rings is 1. The molecule has 30 heavy (non-hydrogen) atoms. The summed E-state index contributed by atoms with van der Waals surface area (Å²) in [5.74, 6) is 1.33. The molecule has 0 spiro atoms. The Morgan fingerprint density at radius 2 is 1.73 bits per heavy atom. The van der Waals surface area contributed by atoms with E-state index in [9.17, 15) is 13.2 Å². The zero-order chi connectivity index (χ0) is 21.1. The van der Waals surface area contributed by atoms with Crippen molar-refractivity contribution in [3.05, 3.63) is 78.0 Å². The van der Waals surface area contributed by atoms with Crippen LogP contribution < -0.4 is 9.47 Å². The van der Waals surface area contributed by atoms with Crippen LogP contribution in [0.4, 0.5) is 13.2 Å². The summed E-state index contributed by atoms with van der Waals surface area (Å²) in [5.41, 5.74) is 2.57. The molecular weight excluding hydrogens is 391 g/mol. The summed E-state index contributed by atoms with van der Waals surface area (Å²) in [4.78, 5) is 3.82. The smallest absolute Gasteiger partial charge is 0.417 e. The minimum absolute atomic E-state index is 0.0854. The average molecular weight is 413 g/mol. The van der Waals surface area contributed by atoms with E-state index in [-0.39, 0.29) is 17.9 Å². The predicted molar refractivity (Wildman–Crippen MR) is 109 cm³/mol. The van der Waals surface area contributed by atoms with Gasteiger partial charge in [-0.2, -0.15) is 13.2 Å². The predicted octanol–water partition coefficient (Wildman–Crippen LogP) is 6.49. The molecule has 156 valence electrons. The lowest BCUT2D eigenvalue weighted by Gasteiger charge is -2.17. The Labute approximate surface area is 173 Å². The molecule has 3 nitrogen and oxygen atoms in total. The van der Waals surface area contributed by atoms with Crippen molar-refractivity contribution >= 4 is 0 Å². The van der Waals surface area contributed by atoms with E-state index in [0.29, 0.717) is 0 Å². The third-order valence-electron chi connectivity index (χ3n) is 5.52. The summed E-state index contributed by atoms with van der Waals surface area (Å²) in [5, 5.41) is 0. The number of methoxy groups -OCH3 is 1. The van der Waals surface area contributed by atoms with Gasteiger partial charge in [-0.25, -0.2) is 4.98 Å². The van der Waals surface area contributed by atoms with Crippen LogP contribution in [0.2, 0.25) is 0 Å². The van der Waals surface area contributed by atoms with Crippen LogP contribution in [-0.4, -0.2) is 18.2 Å². The lowest BCUT2D eigenvalue weighted by molar-refractivity contribution is -0.137. The van der Waals surface area contributed by atoms with Gasteiger partial charge in [0.25, 0.3) is 0 Å². The monoisotopic (exact) mass is 413 g/mol. The number of hydrogen-bond donors (Lipinski definition) is 0. The summed E-state index contributed by atoms with van der Waals surface area (Å²) in [7, 11) is 1.67. The van der Waals surface area contributed by atoms with Gasteiger partial charge in [0, 0.05) is 12.3 Å². The van der Waals surface area contributed by atoms with Crippen LogP contribution >= 0.6 is 0 Å². The Balaban J connectivity index is 1.45. The SMILES string of the molecule is COc1cc(-c2ccccc2)ccc1C1CC[C@@H](Oc2ccc(C(F)(F)F)cn2)C1. The zero-order valence-electron chi connectivity index (χ0n) is 16.5. The molecule has 1 aromatic heterocycles. The highest BCUT2D eigenvalue weighted by atomic mass is 19.4. The summed E-state index contributed by atoms with van der Waals surface area (Å²) in [6, 6.07) is 18.6. The zero-order valence-corrected chi connectivity index (χ0v) is 16.5. The molecule has 3 aromatic rings. The lowest BCUT2D eigenvalue weighted by Crippen LogP contribution is -2.13. The van der Waals surface area contributed by atoms with Crippen molar-refractivity contribution in [3.63, 3.8) is 0 Å². The summed E-state index contributed by atoms with van der Waals surface area (Å²) in [6.07, 6.45) is -1.16. The van der Waals surface area contributed by atoms with E-state index in [4.69, 9.17) is 9.47 Å². The number of rotatable bonds is 5. The topological polar surface area (TPSA) is 31.4 Å². The van der Waals surface area contributed by atoms with Crippen LogP contribution in [-0.2, 0) is 6.18 Å². The van der Waals surface area contributed by atoms with Crippen LogP contribution in [0.25, 0.3) is 11.1 Å². The highest BCUT2D eigenvalue weighted by molar-refractivity contribution is 5.66. The number of nitrogens with zero attached hydrogens (tertiary/aromatic N) is 1. The van der Waals surface area contributed by atoms with E-state index in [2.05, 4.69) is 35.3 Å². The van der Waals surface area contributed by atoms with E-state index in [1.807, 2.05) is 18.2 Å². The Kier molecular flexibility index (Phi) is 5.66. The molecule has 0 saturated heterocycles. The summed E-state index contributed by atoms with van der Waals surface area (Å²) >= 11 is 0. The summed E-state index contributed by atoms with van der Waals surface area (Å²) in [6.45, 7) is 0. The quantitative estimate of drug-likeness (QED) is 0.479. The van der Waals surface area contributed by atoms with Gasteiger partial charge >= 0.3 is 6.18 Å². The number of ether oxygens (including phenoxy) is 2. The van der Waals surface area contributed by atoms with Crippen LogP contribution in [0.1, 0.15) is 36.3 Å². The van der Waals surface area contributed by atoms with Gasteiger partial charge in [0.1, 0.15) is 11.9 Å². The van der Waals surface area contributed by atoms with Crippen molar-refractivity contribution in [1.29, 1.82) is 0 Å². The molecular formula is C24H22F3NO2. The first-order valence-corrected chi connectivity index (χ1v) is 9.87. The molecule has 1 aliphatic carbocycles. The van der Waals surface area contributed by atoms with E-state index in [1.165, 1.54) is 6.07 Å². The van der Waals surface area contributed by atoms with Gasteiger partial charge in [-0.05, 0) is 54.0 Å². The van der Waals surface area contributed by atoms with Crippen molar-refractivity contribution in [3.8, 4) is 22.8 Å². The molecule has 0 N–H and O–H groups in total. The molecule has 1 fully saturated rings. The number of benzene rings is 2. The van der Waals surface area contributed by atoms with Gasteiger partial charge < -0.3 is 9.47 Å². The maximum atomic E-state index is 12.7. The maximum absolute atomic E-state index is 12.7. The Bertz CT molecular complexity index is 988. The second kappa shape index (κ2) is 8.38. The fourth-order valence-electron chi connectivity index (χ4n) is 3.98. The number of hydrogen-bond acceptors (Lipinski definition) is 3. The standard InChI is InChI=1S/C24H22F3NO2/c1-29-22-14-17(16-5-3-2-4-6-16)8-11-21(22)18-7-10-20(13-18)30-23-12-9-19(15-28-23)24(25,26)27/h2-6,8-9,11-12,14-15,18,20H,7,10,13H2,1H3/t18?,20-/m1/s1. The third-order valence-corrected chi connectivity index (χ3v) is 5.52. The number of aromatic nitrogens is 1. The lowest BCUT2D eigenvalue weighted by atomic mass is 9.94. The van der Waals surface area contributed by atoms with Gasteiger partial charge in [-0.1, -0.05) is 42.5 Å². The van der Waals surface area contributed by atoms with Crippen LogP contribution in [0.3, 0.4) is 0 Å². The molecule has 0 radical (unpaired) electrons. The fraction of sp³-hybridized carbons (Fsp3) is 0.292. The molecule has 0 bridgehead atoms. The fourth-order valence-corrected chi connectivity index (χ4v) is 3.98. The summed E-state index contributed by atoms with van der Waals surface area (Å²) < 4.78 is 49.5. The number of alkyl halides is 3. The molecule has 0 amide bonds. The normalized spacial score (nSPS) is 18.9. The minimum atomic E-state index is -4.40. The van der Waals surface area contributed by atoms with Gasteiger partial charge in [0.15, 0.2) is 0 Å². The molecule has 1 unspecified atom stereocenters. The Morgan fingerprint density at radius 3 is 2.40 bits per heavy atom. The highest BCUT2D eigenvalue weighted by Gasteiger charge is 2.32. The molecule has 6 heteroatoms. The van der Waals surface area contributed by atoms with Crippen LogP contribution in [0.5, 0.6) is 11.6 Å². The molecule has 4 rings (SSSR count). The number of halogens is 3.